The number of carbonyl (C=O) groups excluding carboxylic acids is 2. The molecule has 1 atom stereocenters. The Morgan fingerprint density at radius 2 is 1.77 bits per heavy atom. The minimum absolute atomic E-state index is 0.00831. The van der Waals surface area contributed by atoms with Gasteiger partial charge in [-0.25, -0.2) is 4.39 Å². The highest BCUT2D eigenvalue weighted by Crippen LogP contribution is 2.42. The number of hydrogen-bond acceptors (Lipinski definition) is 3. The van der Waals surface area contributed by atoms with Crippen molar-refractivity contribution in [2.24, 2.45) is 5.92 Å². The molecule has 26 heavy (non-hydrogen) atoms. The molecule has 2 amide bonds. The zero-order valence-corrected chi connectivity index (χ0v) is 15.0. The molecule has 0 radical (unpaired) electrons. The van der Waals surface area contributed by atoms with Gasteiger partial charge in [0.2, 0.25) is 11.8 Å². The van der Waals surface area contributed by atoms with Gasteiger partial charge in [-0.05, 0) is 54.8 Å². The molecule has 0 bridgehead atoms. The Hall–Kier alpha value is -2.34. The molecule has 0 spiro atoms. The van der Waals surface area contributed by atoms with Crippen molar-refractivity contribution < 1.29 is 14.0 Å². The minimum atomic E-state index is -0.323. The van der Waals surface area contributed by atoms with E-state index >= 15 is 0 Å². The maximum Gasteiger partial charge on any atom is 0.238 e. The fourth-order valence-electron chi connectivity index (χ4n) is 3.20. The highest BCUT2D eigenvalue weighted by atomic mass is 32.2. The molecule has 1 aliphatic heterocycles. The second-order valence-electron chi connectivity index (χ2n) is 6.64. The average molecular weight is 370 g/mol. The molecule has 134 valence electrons. The van der Waals surface area contributed by atoms with Crippen LogP contribution in [0, 0.1) is 11.7 Å². The predicted octanol–water partition coefficient (Wildman–Crippen LogP) is 4.34. The number of carbonyl (C=O) groups is 2. The highest BCUT2D eigenvalue weighted by Gasteiger charge is 2.34. The highest BCUT2D eigenvalue weighted by molar-refractivity contribution is 8.00. The van der Waals surface area contributed by atoms with Crippen molar-refractivity contribution in [2.45, 2.75) is 24.6 Å². The fourth-order valence-corrected chi connectivity index (χ4v) is 4.37. The first-order chi connectivity index (χ1) is 12.6. The van der Waals surface area contributed by atoms with Crippen LogP contribution in [-0.2, 0) is 9.59 Å². The molecule has 0 aromatic heterocycles. The van der Waals surface area contributed by atoms with Crippen molar-refractivity contribution in [1.82, 2.24) is 0 Å². The van der Waals surface area contributed by atoms with Crippen LogP contribution in [0.15, 0.2) is 48.5 Å². The van der Waals surface area contributed by atoms with Crippen LogP contribution in [0.5, 0.6) is 0 Å². The third-order valence-corrected chi connectivity index (χ3v) is 6.12. The zero-order valence-electron chi connectivity index (χ0n) is 14.2. The van der Waals surface area contributed by atoms with E-state index in [9.17, 15) is 14.0 Å². The number of halogens is 1. The number of amides is 2. The average Bonchev–Trinajstić information content (AvgIpc) is 2.96. The van der Waals surface area contributed by atoms with Crippen molar-refractivity contribution in [2.75, 3.05) is 16.0 Å². The van der Waals surface area contributed by atoms with Crippen LogP contribution in [-0.4, -0.2) is 17.6 Å². The van der Waals surface area contributed by atoms with E-state index in [1.54, 1.807) is 28.8 Å². The minimum Gasteiger partial charge on any atom is -0.326 e. The maximum atomic E-state index is 13.2. The van der Waals surface area contributed by atoms with Gasteiger partial charge in [-0.3, -0.25) is 14.5 Å². The Balaban J connectivity index is 1.51. The van der Waals surface area contributed by atoms with Gasteiger partial charge in [0.05, 0.1) is 5.75 Å². The fraction of sp³-hybridized carbons (Fsp3) is 0.300. The normalized spacial score (nSPS) is 20.1. The van der Waals surface area contributed by atoms with E-state index in [0.29, 0.717) is 11.4 Å². The number of hydrogen-bond donors (Lipinski definition) is 1. The molecular formula is C20H19FN2O2S. The quantitative estimate of drug-likeness (QED) is 0.871. The summed E-state index contributed by atoms with van der Waals surface area (Å²) in [6, 6.07) is 13.6. The molecule has 6 heteroatoms. The number of nitrogens with one attached hydrogen (secondary N) is 1. The van der Waals surface area contributed by atoms with Gasteiger partial charge in [0.1, 0.15) is 11.2 Å². The van der Waals surface area contributed by atoms with Crippen LogP contribution in [0.1, 0.15) is 30.2 Å². The first-order valence-electron chi connectivity index (χ1n) is 8.72. The lowest BCUT2D eigenvalue weighted by molar-refractivity contribution is -0.122. The van der Waals surface area contributed by atoms with Crippen LogP contribution < -0.4 is 10.2 Å². The molecule has 1 aliphatic carbocycles. The van der Waals surface area contributed by atoms with E-state index in [-0.39, 0.29) is 28.9 Å². The smallest absolute Gasteiger partial charge is 0.238 e. The van der Waals surface area contributed by atoms with E-state index in [1.165, 1.54) is 12.1 Å². The molecule has 1 N–H and O–H groups in total. The topological polar surface area (TPSA) is 49.4 Å². The predicted molar refractivity (Wildman–Crippen MR) is 101 cm³/mol. The summed E-state index contributed by atoms with van der Waals surface area (Å²) in [4.78, 5) is 26.1. The van der Waals surface area contributed by atoms with Crippen LogP contribution in [0.25, 0.3) is 0 Å². The van der Waals surface area contributed by atoms with Gasteiger partial charge in [-0.1, -0.05) is 18.6 Å². The van der Waals surface area contributed by atoms with Gasteiger partial charge in [-0.15, -0.1) is 11.8 Å². The van der Waals surface area contributed by atoms with Crippen LogP contribution >= 0.6 is 11.8 Å². The molecule has 2 aromatic rings. The van der Waals surface area contributed by atoms with Crippen molar-refractivity contribution in [3.8, 4) is 0 Å². The summed E-state index contributed by atoms with van der Waals surface area (Å²) in [7, 11) is 0. The van der Waals surface area contributed by atoms with E-state index in [1.807, 2.05) is 24.3 Å². The third-order valence-electron chi connectivity index (χ3n) is 4.91. The molecule has 4 rings (SSSR count). The number of rotatable bonds is 4. The van der Waals surface area contributed by atoms with E-state index in [2.05, 4.69) is 5.32 Å². The largest absolute Gasteiger partial charge is 0.326 e. The number of thioether (sulfide) groups is 1. The number of benzene rings is 2. The van der Waals surface area contributed by atoms with Gasteiger partial charge >= 0.3 is 0 Å². The second kappa shape index (κ2) is 7.11. The van der Waals surface area contributed by atoms with E-state index in [4.69, 9.17) is 0 Å². The molecular weight excluding hydrogens is 351 g/mol. The first-order valence-corrected chi connectivity index (χ1v) is 9.77. The lowest BCUT2D eigenvalue weighted by Crippen LogP contribution is -2.28. The Kier molecular flexibility index (Phi) is 4.68. The lowest BCUT2D eigenvalue weighted by atomic mass is 9.85. The van der Waals surface area contributed by atoms with Crippen LogP contribution in [0.4, 0.5) is 15.8 Å². The third kappa shape index (κ3) is 3.33. The van der Waals surface area contributed by atoms with Crippen molar-refractivity contribution in [3.63, 3.8) is 0 Å². The summed E-state index contributed by atoms with van der Waals surface area (Å²) in [6.45, 7) is 0. The van der Waals surface area contributed by atoms with Crippen molar-refractivity contribution >= 4 is 35.0 Å². The van der Waals surface area contributed by atoms with Crippen LogP contribution in [0.2, 0.25) is 0 Å². The van der Waals surface area contributed by atoms with E-state index in [0.717, 1.165) is 30.5 Å². The molecule has 1 saturated heterocycles. The summed E-state index contributed by atoms with van der Waals surface area (Å²) in [5.41, 5.74) is 2.44. The van der Waals surface area contributed by atoms with Gasteiger partial charge in [0.15, 0.2) is 0 Å². The molecule has 2 fully saturated rings. The Labute approximate surface area is 155 Å². The monoisotopic (exact) mass is 370 g/mol. The Morgan fingerprint density at radius 1 is 1.08 bits per heavy atom. The van der Waals surface area contributed by atoms with Crippen molar-refractivity contribution in [3.05, 3.63) is 59.9 Å². The summed E-state index contributed by atoms with van der Waals surface area (Å²) < 4.78 is 13.2. The Morgan fingerprint density at radius 3 is 2.38 bits per heavy atom. The zero-order chi connectivity index (χ0) is 18.1. The number of nitrogens with zero attached hydrogens (tertiary/aromatic N) is 1. The maximum absolute atomic E-state index is 13.2. The van der Waals surface area contributed by atoms with Gasteiger partial charge in [-0.2, -0.15) is 0 Å². The molecule has 4 nitrogen and oxygen atoms in total. The van der Waals surface area contributed by atoms with E-state index < -0.39 is 0 Å². The molecule has 1 heterocycles. The Bertz CT molecular complexity index is 819. The molecule has 2 aliphatic rings. The lowest BCUT2D eigenvalue weighted by Gasteiger charge is -2.25. The van der Waals surface area contributed by atoms with Gasteiger partial charge in [0, 0.05) is 17.3 Å². The van der Waals surface area contributed by atoms with Gasteiger partial charge < -0.3 is 5.32 Å². The standard InChI is InChI=1S/C20H19FN2O2S/c21-15-6-10-17(11-7-15)23-18(24)12-26-20(23)14-4-8-16(9-5-14)22-19(25)13-2-1-3-13/h4-11,13,20H,1-3,12H2,(H,22,25)/t20-/m1/s1. The summed E-state index contributed by atoms with van der Waals surface area (Å²) in [6.07, 6.45) is 3.07. The second-order valence-corrected chi connectivity index (χ2v) is 7.71. The SMILES string of the molecule is O=C(Nc1ccc([C@H]2SCC(=O)N2c2ccc(F)cc2)cc1)C1CCC1. The molecule has 2 aromatic carbocycles. The summed E-state index contributed by atoms with van der Waals surface area (Å²) in [5.74, 6) is 0.307. The molecule has 1 saturated carbocycles. The van der Waals surface area contributed by atoms with Crippen molar-refractivity contribution in [1.29, 1.82) is 0 Å². The molecule has 0 unspecified atom stereocenters. The van der Waals surface area contributed by atoms with Gasteiger partial charge in [0.25, 0.3) is 0 Å². The summed E-state index contributed by atoms with van der Waals surface area (Å²) in [5, 5.41) is 2.80. The first kappa shape index (κ1) is 17.1. The number of anilines is 2. The summed E-state index contributed by atoms with van der Waals surface area (Å²) >= 11 is 1.54. The van der Waals surface area contributed by atoms with Crippen LogP contribution in [0.3, 0.4) is 0 Å².